The van der Waals surface area contributed by atoms with E-state index in [1.165, 1.54) is 38.2 Å². The molecule has 2 N–H and O–H groups in total. The molecule has 0 amide bonds. The summed E-state index contributed by atoms with van der Waals surface area (Å²) in [6.07, 6.45) is 10.3. The Morgan fingerprint density at radius 1 is 0.667 bits per heavy atom. The Balaban J connectivity index is 1.54. The molecule has 1 aliphatic rings. The molecule has 0 aromatic heterocycles. The van der Waals surface area contributed by atoms with Gasteiger partial charge in [0.1, 0.15) is 0 Å². The zero-order chi connectivity index (χ0) is 19.6. The van der Waals surface area contributed by atoms with Crippen molar-refractivity contribution in [2.24, 2.45) is 0 Å². The molecule has 0 bridgehead atoms. The van der Waals surface area contributed by atoms with Crippen molar-refractivity contribution < 1.29 is 19.8 Å². The number of aryl methyl sites for hydroxylation is 1. The molecule has 0 heterocycles. The van der Waals surface area contributed by atoms with Crippen LogP contribution >= 0.6 is 0 Å². The van der Waals surface area contributed by atoms with Crippen LogP contribution in [0.2, 0.25) is 0 Å². The second-order valence-corrected chi connectivity index (χ2v) is 7.27. The van der Waals surface area contributed by atoms with Gasteiger partial charge in [0.25, 0.3) is 0 Å². The number of benzene rings is 1. The zero-order valence-corrected chi connectivity index (χ0v) is 16.2. The highest BCUT2D eigenvalue weighted by Crippen LogP contribution is 2.25. The number of hydrogen-bond acceptors (Lipinski definition) is 4. The summed E-state index contributed by atoms with van der Waals surface area (Å²) in [7, 11) is 0. The summed E-state index contributed by atoms with van der Waals surface area (Å²) in [4.78, 5) is 23.7. The fourth-order valence-electron chi connectivity index (χ4n) is 3.41. The van der Waals surface area contributed by atoms with Gasteiger partial charge < -0.3 is 10.2 Å². The van der Waals surface area contributed by atoms with Gasteiger partial charge in [-0.25, -0.2) is 0 Å². The van der Waals surface area contributed by atoms with E-state index in [0.29, 0.717) is 6.42 Å². The predicted molar refractivity (Wildman–Crippen MR) is 107 cm³/mol. The molecule has 4 nitrogen and oxygen atoms in total. The van der Waals surface area contributed by atoms with Crippen LogP contribution in [0.5, 0.6) is 0 Å². The van der Waals surface area contributed by atoms with Crippen molar-refractivity contribution in [2.45, 2.75) is 71.1 Å². The molecule has 1 aromatic carbocycles. The van der Waals surface area contributed by atoms with Crippen molar-refractivity contribution in [3.8, 4) is 0 Å². The summed E-state index contributed by atoms with van der Waals surface area (Å²) >= 11 is 0. The molecule has 1 aliphatic carbocycles. The maximum absolute atomic E-state index is 12.0. The largest absolute Gasteiger partial charge is 0.504 e. The van der Waals surface area contributed by atoms with Gasteiger partial charge in [0.15, 0.2) is 11.5 Å². The molecule has 2 rings (SSSR count). The SMILES string of the molecule is CC1=C(O)C(=O)C(CCCCCCCCCCc2ccccc2)=C(O)C1=O. The molecule has 4 heteroatoms. The number of hydrogen-bond donors (Lipinski definition) is 2. The third-order valence-electron chi connectivity index (χ3n) is 5.17. The molecule has 0 saturated heterocycles. The van der Waals surface area contributed by atoms with Crippen LogP contribution in [0.3, 0.4) is 0 Å². The highest BCUT2D eigenvalue weighted by atomic mass is 16.3. The number of rotatable bonds is 11. The van der Waals surface area contributed by atoms with Crippen LogP contribution in [0.15, 0.2) is 53.0 Å². The Bertz CT molecular complexity index is 713. The van der Waals surface area contributed by atoms with Crippen LogP contribution in [0.1, 0.15) is 70.3 Å². The maximum Gasteiger partial charge on any atom is 0.227 e. The molecule has 146 valence electrons. The minimum Gasteiger partial charge on any atom is -0.504 e. The molecule has 0 spiro atoms. The van der Waals surface area contributed by atoms with E-state index in [2.05, 4.69) is 24.3 Å². The minimum absolute atomic E-state index is 0.0593. The van der Waals surface area contributed by atoms with E-state index in [9.17, 15) is 19.8 Å². The van der Waals surface area contributed by atoms with Gasteiger partial charge in [-0.1, -0.05) is 68.9 Å². The number of aliphatic hydroxyl groups excluding tert-OH is 2. The number of unbranched alkanes of at least 4 members (excludes halogenated alkanes) is 7. The van der Waals surface area contributed by atoms with E-state index in [0.717, 1.165) is 32.1 Å². The third-order valence-corrected chi connectivity index (χ3v) is 5.17. The van der Waals surface area contributed by atoms with Gasteiger partial charge in [-0.05, 0) is 38.2 Å². The normalized spacial score (nSPS) is 15.0. The van der Waals surface area contributed by atoms with Gasteiger partial charge in [0.05, 0.1) is 0 Å². The molecule has 0 atom stereocenters. The fourth-order valence-corrected chi connectivity index (χ4v) is 3.41. The average molecular weight is 370 g/mol. The van der Waals surface area contributed by atoms with Crippen LogP contribution < -0.4 is 0 Å². The first-order valence-corrected chi connectivity index (χ1v) is 9.97. The van der Waals surface area contributed by atoms with Gasteiger partial charge in [-0.3, -0.25) is 9.59 Å². The Morgan fingerprint density at radius 2 is 1.19 bits per heavy atom. The molecular formula is C23H30O4. The van der Waals surface area contributed by atoms with E-state index in [-0.39, 0.29) is 11.1 Å². The smallest absolute Gasteiger partial charge is 0.227 e. The first kappa shape index (κ1) is 20.9. The molecule has 0 fully saturated rings. The second-order valence-electron chi connectivity index (χ2n) is 7.27. The van der Waals surface area contributed by atoms with Crippen LogP contribution in [-0.4, -0.2) is 21.8 Å². The van der Waals surface area contributed by atoms with Crippen LogP contribution in [-0.2, 0) is 16.0 Å². The number of carbonyl (C=O) groups excluding carboxylic acids is 2. The van der Waals surface area contributed by atoms with Crippen molar-refractivity contribution in [3.05, 3.63) is 58.6 Å². The Morgan fingerprint density at radius 3 is 1.78 bits per heavy atom. The van der Waals surface area contributed by atoms with Crippen LogP contribution in [0, 0.1) is 0 Å². The molecule has 0 unspecified atom stereocenters. The van der Waals surface area contributed by atoms with Gasteiger partial charge in [0, 0.05) is 11.1 Å². The van der Waals surface area contributed by atoms with Crippen LogP contribution in [0.25, 0.3) is 0 Å². The Kier molecular flexibility index (Phi) is 8.31. The summed E-state index contributed by atoms with van der Waals surface area (Å²) < 4.78 is 0. The first-order valence-electron chi connectivity index (χ1n) is 9.97. The van der Waals surface area contributed by atoms with Crippen molar-refractivity contribution in [2.75, 3.05) is 0 Å². The summed E-state index contributed by atoms with van der Waals surface area (Å²) in [5, 5.41) is 19.6. The summed E-state index contributed by atoms with van der Waals surface area (Å²) in [6, 6.07) is 10.6. The van der Waals surface area contributed by atoms with E-state index < -0.39 is 23.1 Å². The lowest BCUT2D eigenvalue weighted by atomic mass is 9.91. The summed E-state index contributed by atoms with van der Waals surface area (Å²) in [5.74, 6) is -2.27. The Hall–Kier alpha value is -2.36. The number of allylic oxidation sites excluding steroid dienone is 2. The van der Waals surface area contributed by atoms with Crippen molar-refractivity contribution >= 4 is 11.6 Å². The van der Waals surface area contributed by atoms with E-state index >= 15 is 0 Å². The molecule has 27 heavy (non-hydrogen) atoms. The van der Waals surface area contributed by atoms with Crippen molar-refractivity contribution in [1.82, 2.24) is 0 Å². The van der Waals surface area contributed by atoms with Crippen molar-refractivity contribution in [1.29, 1.82) is 0 Å². The highest BCUT2D eigenvalue weighted by Gasteiger charge is 2.31. The lowest BCUT2D eigenvalue weighted by Crippen LogP contribution is -2.22. The van der Waals surface area contributed by atoms with E-state index in [4.69, 9.17) is 0 Å². The Labute approximate surface area is 161 Å². The minimum atomic E-state index is -0.641. The van der Waals surface area contributed by atoms with Gasteiger partial charge in [-0.2, -0.15) is 0 Å². The molecule has 0 radical (unpaired) electrons. The standard InChI is InChI=1S/C23H30O4/c1-17-20(24)22(26)19(23(27)21(17)25)16-12-7-5-3-2-4-6-9-13-18-14-10-8-11-15-18/h8,10-11,14-15,24,27H,2-7,9,12-13,16H2,1H3. The van der Waals surface area contributed by atoms with E-state index in [1.54, 1.807) is 0 Å². The van der Waals surface area contributed by atoms with E-state index in [1.807, 2.05) is 6.07 Å². The van der Waals surface area contributed by atoms with Crippen molar-refractivity contribution in [3.63, 3.8) is 0 Å². The number of carbonyl (C=O) groups is 2. The highest BCUT2D eigenvalue weighted by molar-refractivity contribution is 6.22. The summed E-state index contributed by atoms with van der Waals surface area (Å²) in [5.41, 5.74) is 1.39. The monoisotopic (exact) mass is 370 g/mol. The quantitative estimate of drug-likeness (QED) is 0.396. The molecule has 0 aliphatic heterocycles. The molecular weight excluding hydrogens is 340 g/mol. The number of Topliss-reactive ketones (excluding diaryl/α,β-unsaturated/α-hetero) is 2. The molecule has 1 aromatic rings. The fraction of sp³-hybridized carbons (Fsp3) is 0.478. The number of aliphatic hydroxyl groups is 2. The predicted octanol–water partition coefficient (Wildman–Crippen LogP) is 5.54. The van der Waals surface area contributed by atoms with Gasteiger partial charge in [-0.15, -0.1) is 0 Å². The lowest BCUT2D eigenvalue weighted by molar-refractivity contribution is -0.120. The number of ketones is 2. The second kappa shape index (κ2) is 10.7. The first-order chi connectivity index (χ1) is 13.0. The molecule has 0 saturated carbocycles. The lowest BCUT2D eigenvalue weighted by Gasteiger charge is -2.15. The topological polar surface area (TPSA) is 74.6 Å². The van der Waals surface area contributed by atoms with Gasteiger partial charge in [0.2, 0.25) is 11.6 Å². The average Bonchev–Trinajstić information content (AvgIpc) is 2.69. The summed E-state index contributed by atoms with van der Waals surface area (Å²) in [6.45, 7) is 1.35. The zero-order valence-electron chi connectivity index (χ0n) is 16.2. The van der Waals surface area contributed by atoms with Gasteiger partial charge >= 0.3 is 0 Å². The third kappa shape index (κ3) is 6.09. The maximum atomic E-state index is 12.0. The van der Waals surface area contributed by atoms with Crippen LogP contribution in [0.4, 0.5) is 0 Å².